The van der Waals surface area contributed by atoms with E-state index in [1.54, 1.807) is 47.6 Å². The first-order valence-corrected chi connectivity index (χ1v) is 14.4. The third kappa shape index (κ3) is 7.51. The minimum absolute atomic E-state index is 0.0000746. The molecular formula is C27H40N7O4P. The van der Waals surface area contributed by atoms with Crippen molar-refractivity contribution in [1.82, 2.24) is 14.7 Å². The van der Waals surface area contributed by atoms with Gasteiger partial charge >= 0.3 is 8.60 Å². The van der Waals surface area contributed by atoms with Crippen LogP contribution in [0.2, 0.25) is 0 Å². The van der Waals surface area contributed by atoms with Crippen LogP contribution in [-0.2, 0) is 9.32 Å². The number of carbonyl (C=O) groups excluding carboxylic acids is 1. The molecule has 1 saturated heterocycles. The Labute approximate surface area is 231 Å². The van der Waals surface area contributed by atoms with Crippen LogP contribution in [0.4, 0.5) is 5.69 Å². The number of amides is 1. The molecule has 2 heterocycles. The minimum Gasteiger partial charge on any atom is -0.426 e. The molecule has 1 aliphatic heterocycles. The van der Waals surface area contributed by atoms with Crippen molar-refractivity contribution in [2.45, 2.75) is 64.5 Å². The van der Waals surface area contributed by atoms with Crippen LogP contribution in [0.1, 0.15) is 58.4 Å². The molecule has 1 aromatic carbocycles. The first-order valence-electron chi connectivity index (χ1n) is 13.3. The van der Waals surface area contributed by atoms with Gasteiger partial charge in [0.05, 0.1) is 30.2 Å². The number of allylic oxidation sites excluding steroid dienone is 2. The Morgan fingerprint density at radius 3 is 2.51 bits per heavy atom. The third-order valence-corrected chi connectivity index (χ3v) is 7.84. The van der Waals surface area contributed by atoms with Crippen molar-refractivity contribution in [3.8, 4) is 5.75 Å². The van der Waals surface area contributed by atoms with Gasteiger partial charge in [-0.05, 0) is 51.8 Å². The van der Waals surface area contributed by atoms with Gasteiger partial charge in [0.25, 0.3) is 0 Å². The normalized spacial score (nSPS) is 18.7. The molecule has 2 aromatic rings. The van der Waals surface area contributed by atoms with E-state index in [9.17, 15) is 9.69 Å². The van der Waals surface area contributed by atoms with E-state index in [1.165, 1.54) is 36.8 Å². The molecule has 0 bridgehead atoms. The molecule has 1 aromatic heterocycles. The van der Waals surface area contributed by atoms with Gasteiger partial charge in [-0.3, -0.25) is 14.2 Å². The Balaban J connectivity index is 1.50. The molecule has 0 radical (unpaired) electrons. The van der Waals surface area contributed by atoms with Crippen molar-refractivity contribution < 1.29 is 18.7 Å². The summed E-state index contributed by atoms with van der Waals surface area (Å²) >= 11 is 0. The van der Waals surface area contributed by atoms with Crippen LogP contribution in [0.15, 0.2) is 48.6 Å². The summed E-state index contributed by atoms with van der Waals surface area (Å²) in [5.74, 6) is 0.401. The van der Waals surface area contributed by atoms with Crippen molar-refractivity contribution in [1.29, 1.82) is 0 Å². The van der Waals surface area contributed by atoms with Crippen LogP contribution in [0.5, 0.6) is 5.75 Å². The molecular weight excluding hydrogens is 517 g/mol. The largest absolute Gasteiger partial charge is 0.426 e. The fraction of sp³-hybridized carbons (Fsp3) is 0.481. The van der Waals surface area contributed by atoms with Gasteiger partial charge in [-0.25, -0.2) is 4.68 Å². The van der Waals surface area contributed by atoms with Gasteiger partial charge in [0.2, 0.25) is 5.91 Å². The van der Waals surface area contributed by atoms with E-state index >= 15 is 0 Å². The number of carbonyl (C=O) groups is 1. The molecule has 1 atom stereocenters. The Hall–Kier alpha value is -3.11. The molecule has 2 aliphatic rings. The average molecular weight is 558 g/mol. The van der Waals surface area contributed by atoms with E-state index in [1.807, 2.05) is 20.8 Å². The van der Waals surface area contributed by atoms with Gasteiger partial charge < -0.3 is 31.5 Å². The maximum absolute atomic E-state index is 13.0. The number of anilines is 1. The zero-order chi connectivity index (χ0) is 28.2. The maximum atomic E-state index is 13.0. The fourth-order valence-electron chi connectivity index (χ4n) is 4.94. The Morgan fingerprint density at radius 2 is 1.85 bits per heavy atom. The summed E-state index contributed by atoms with van der Waals surface area (Å²) in [6, 6.07) is 7.51. The number of piperazine rings is 1. The van der Waals surface area contributed by atoms with Crippen LogP contribution in [0.25, 0.3) is 11.4 Å². The van der Waals surface area contributed by atoms with Crippen LogP contribution < -0.4 is 26.6 Å². The molecule has 7 N–H and O–H groups in total. The summed E-state index contributed by atoms with van der Waals surface area (Å²) in [5, 5.41) is 4.42. The summed E-state index contributed by atoms with van der Waals surface area (Å²) in [6.45, 7) is 7.32. The van der Waals surface area contributed by atoms with E-state index in [4.69, 9.17) is 26.2 Å². The minimum atomic E-state index is -2.18. The predicted octanol–water partition coefficient (Wildman–Crippen LogP) is 3.32. The number of nitrogens with two attached hydrogens (primary N) is 3. The summed E-state index contributed by atoms with van der Waals surface area (Å²) in [4.78, 5) is 27.4. The van der Waals surface area contributed by atoms with Crippen molar-refractivity contribution in [2.24, 2.45) is 17.2 Å². The number of aromatic nitrogens is 2. The molecule has 12 heteroatoms. The number of para-hydroxylation sites is 1. The van der Waals surface area contributed by atoms with Gasteiger partial charge in [-0.1, -0.05) is 31.4 Å². The third-order valence-electron chi connectivity index (χ3n) is 6.78. The molecule has 0 spiro atoms. The van der Waals surface area contributed by atoms with Crippen molar-refractivity contribution in [3.05, 3.63) is 54.1 Å². The standard InChI is InChI=1S/C27H40N7O4P/c1-27(2,3)38-39(36)37-24-12-8-7-11-21(24)22(28)15-23(26(29)30)34-17-20(16-31-34)33-14-13-32(18-25(33)35)19-9-5-4-6-10-19/h7-8,11-12,15-17,19,36H,4-6,9-10,13-14,18,28-30H2,1-3H3/b22-15-. The quantitative estimate of drug-likeness (QED) is 0.282. The topological polar surface area (TPSA) is 158 Å². The van der Waals surface area contributed by atoms with Gasteiger partial charge in [-0.2, -0.15) is 5.10 Å². The second-order valence-corrected chi connectivity index (χ2v) is 11.8. The number of benzene rings is 1. The number of nitrogens with zero attached hydrogens (tertiary/aromatic N) is 4. The Kier molecular flexibility index (Phi) is 9.17. The van der Waals surface area contributed by atoms with Crippen LogP contribution in [0.3, 0.4) is 0 Å². The van der Waals surface area contributed by atoms with Crippen LogP contribution in [-0.4, -0.2) is 56.8 Å². The maximum Gasteiger partial charge on any atom is 0.394 e. The van der Waals surface area contributed by atoms with E-state index in [2.05, 4.69) is 10.00 Å². The molecule has 212 valence electrons. The summed E-state index contributed by atoms with van der Waals surface area (Å²) < 4.78 is 12.7. The average Bonchev–Trinajstić information content (AvgIpc) is 3.36. The lowest BCUT2D eigenvalue weighted by atomic mass is 9.94. The highest BCUT2D eigenvalue weighted by Crippen LogP contribution is 2.41. The number of hydrogen-bond donors (Lipinski definition) is 4. The Bertz CT molecular complexity index is 1210. The lowest BCUT2D eigenvalue weighted by Gasteiger charge is -2.39. The number of rotatable bonds is 8. The molecule has 1 aliphatic carbocycles. The van der Waals surface area contributed by atoms with Crippen LogP contribution in [0, 0.1) is 0 Å². The highest BCUT2D eigenvalue weighted by molar-refractivity contribution is 7.41. The highest BCUT2D eigenvalue weighted by atomic mass is 31.2. The van der Waals surface area contributed by atoms with E-state index < -0.39 is 14.2 Å². The smallest absolute Gasteiger partial charge is 0.394 e. The zero-order valence-corrected chi connectivity index (χ0v) is 23.8. The molecule has 1 unspecified atom stereocenters. The first-order chi connectivity index (χ1) is 18.5. The molecule has 2 fully saturated rings. The summed E-state index contributed by atoms with van der Waals surface area (Å²) in [5.41, 5.74) is 19.7. The molecule has 4 rings (SSSR count). The van der Waals surface area contributed by atoms with Crippen molar-refractivity contribution in [2.75, 3.05) is 24.5 Å². The van der Waals surface area contributed by atoms with Gasteiger partial charge in [0.15, 0.2) is 0 Å². The van der Waals surface area contributed by atoms with Gasteiger partial charge in [0.1, 0.15) is 17.3 Å². The highest BCUT2D eigenvalue weighted by Gasteiger charge is 2.31. The summed E-state index contributed by atoms with van der Waals surface area (Å²) in [7, 11) is -2.18. The summed E-state index contributed by atoms with van der Waals surface area (Å²) in [6.07, 6.45) is 11.0. The number of hydrogen-bond acceptors (Lipinski definition) is 9. The molecule has 39 heavy (non-hydrogen) atoms. The van der Waals surface area contributed by atoms with E-state index in [-0.39, 0.29) is 11.7 Å². The first kappa shape index (κ1) is 28.9. The molecule has 1 amide bonds. The molecule has 1 saturated carbocycles. The second-order valence-electron chi connectivity index (χ2n) is 10.9. The van der Waals surface area contributed by atoms with Crippen LogP contribution >= 0.6 is 8.60 Å². The second kappa shape index (κ2) is 12.4. The lowest BCUT2D eigenvalue weighted by Crippen LogP contribution is -2.54. The van der Waals surface area contributed by atoms with E-state index in [0.717, 1.165) is 6.54 Å². The zero-order valence-electron chi connectivity index (χ0n) is 22.9. The van der Waals surface area contributed by atoms with E-state index in [0.29, 0.717) is 47.5 Å². The molecule has 11 nitrogen and oxygen atoms in total. The SMILES string of the molecule is CC(C)(C)OP(O)Oc1ccccc1/C(N)=C/C(=C(N)N)n1cc(N2CCN(C3CCCCC3)CC2=O)cn1. The lowest BCUT2D eigenvalue weighted by molar-refractivity contribution is -0.122. The predicted molar refractivity (Wildman–Crippen MR) is 154 cm³/mol. The monoisotopic (exact) mass is 557 g/mol. The van der Waals surface area contributed by atoms with Gasteiger partial charge in [-0.15, -0.1) is 0 Å². The fourth-order valence-corrected chi connectivity index (χ4v) is 5.77. The van der Waals surface area contributed by atoms with Crippen molar-refractivity contribution >= 4 is 31.6 Å². The Morgan fingerprint density at radius 1 is 1.13 bits per heavy atom. The van der Waals surface area contributed by atoms with Gasteiger partial charge in [0, 0.05) is 30.4 Å². The van der Waals surface area contributed by atoms with Crippen molar-refractivity contribution in [3.63, 3.8) is 0 Å².